The highest BCUT2D eigenvalue weighted by Crippen LogP contribution is 2.18. The molecule has 21 heavy (non-hydrogen) atoms. The molecule has 1 aromatic carbocycles. The van der Waals surface area contributed by atoms with E-state index in [1.165, 1.54) is 6.92 Å². The van der Waals surface area contributed by atoms with Gasteiger partial charge in [-0.2, -0.15) is 0 Å². The van der Waals surface area contributed by atoms with Gasteiger partial charge in [0.05, 0.1) is 5.52 Å². The number of carbonyl (C=O) groups is 2. The Hall–Kier alpha value is -2.43. The van der Waals surface area contributed by atoms with Crippen molar-refractivity contribution in [1.82, 2.24) is 10.3 Å². The lowest BCUT2D eigenvalue weighted by Gasteiger charge is -2.18. The average Bonchev–Trinajstić information content (AvgIpc) is 2.44. The number of pyridine rings is 1. The van der Waals surface area contributed by atoms with Gasteiger partial charge < -0.3 is 10.4 Å². The van der Waals surface area contributed by atoms with Gasteiger partial charge in [-0.1, -0.05) is 24.3 Å². The van der Waals surface area contributed by atoms with Crippen LogP contribution in [0.5, 0.6) is 0 Å². The minimum atomic E-state index is -0.860. The summed E-state index contributed by atoms with van der Waals surface area (Å²) in [5, 5.41) is 12.7. The van der Waals surface area contributed by atoms with Crippen LogP contribution in [0.25, 0.3) is 10.9 Å². The summed E-state index contributed by atoms with van der Waals surface area (Å²) in [6.45, 7) is 1.44. The van der Waals surface area contributed by atoms with Gasteiger partial charge in [0.1, 0.15) is 0 Å². The number of nitrogens with one attached hydrogen (secondary N) is 1. The molecule has 0 bridgehead atoms. The molecule has 110 valence electrons. The van der Waals surface area contributed by atoms with Gasteiger partial charge in [-0.3, -0.25) is 14.6 Å². The van der Waals surface area contributed by atoms with E-state index in [1.807, 2.05) is 30.3 Å². The maximum absolute atomic E-state index is 11.3. The van der Waals surface area contributed by atoms with Gasteiger partial charge in [0.25, 0.3) is 0 Å². The van der Waals surface area contributed by atoms with Crippen molar-refractivity contribution in [2.24, 2.45) is 0 Å². The molecule has 1 unspecified atom stereocenters. The third kappa shape index (κ3) is 4.27. The van der Waals surface area contributed by atoms with Crippen LogP contribution in [-0.4, -0.2) is 28.0 Å². The van der Waals surface area contributed by atoms with Crippen LogP contribution in [0.4, 0.5) is 0 Å². The molecule has 1 atom stereocenters. The minimum Gasteiger partial charge on any atom is -0.481 e. The zero-order valence-corrected chi connectivity index (χ0v) is 11.9. The Morgan fingerprint density at radius 2 is 2.05 bits per heavy atom. The minimum absolute atomic E-state index is 0.0309. The average molecular weight is 286 g/mol. The molecule has 0 fully saturated rings. The largest absolute Gasteiger partial charge is 0.481 e. The highest BCUT2D eigenvalue weighted by molar-refractivity contribution is 5.81. The third-order valence-corrected chi connectivity index (χ3v) is 3.30. The summed E-state index contributed by atoms with van der Waals surface area (Å²) >= 11 is 0. The highest BCUT2D eigenvalue weighted by Gasteiger charge is 2.14. The number of aromatic nitrogens is 1. The fraction of sp³-hybridized carbons (Fsp3) is 0.312. The monoisotopic (exact) mass is 286 g/mol. The number of nitrogens with zero attached hydrogens (tertiary/aromatic N) is 1. The van der Waals surface area contributed by atoms with Gasteiger partial charge in [0.2, 0.25) is 5.91 Å². The lowest BCUT2D eigenvalue weighted by Crippen LogP contribution is -2.35. The van der Waals surface area contributed by atoms with Crippen LogP contribution in [0.1, 0.15) is 25.3 Å². The summed E-state index contributed by atoms with van der Waals surface area (Å²) in [6.07, 6.45) is 2.74. The second kappa shape index (κ2) is 6.83. The van der Waals surface area contributed by atoms with Crippen molar-refractivity contribution in [1.29, 1.82) is 0 Å². The first kappa shape index (κ1) is 15.0. The van der Waals surface area contributed by atoms with Gasteiger partial charge >= 0.3 is 5.97 Å². The lowest BCUT2D eigenvalue weighted by molar-refractivity contribution is -0.137. The third-order valence-electron chi connectivity index (χ3n) is 3.30. The number of hydrogen-bond donors (Lipinski definition) is 2. The van der Waals surface area contributed by atoms with E-state index in [9.17, 15) is 9.59 Å². The van der Waals surface area contributed by atoms with Gasteiger partial charge in [0.15, 0.2) is 0 Å². The normalized spacial score (nSPS) is 12.0. The molecule has 0 aliphatic heterocycles. The van der Waals surface area contributed by atoms with Crippen LogP contribution >= 0.6 is 0 Å². The van der Waals surface area contributed by atoms with E-state index in [0.717, 1.165) is 16.5 Å². The number of carboxylic acids is 1. The van der Waals surface area contributed by atoms with Gasteiger partial charge in [-0.25, -0.2) is 0 Å². The van der Waals surface area contributed by atoms with E-state index in [0.29, 0.717) is 12.8 Å². The standard InChI is InChI=1S/C16H18N2O3/c1-11(19)18-14(7-8-15(20)21)10-13-5-2-4-12-6-3-9-17-16(12)13/h2-6,9,14H,7-8,10H2,1H3,(H,18,19)(H,20,21). The topological polar surface area (TPSA) is 79.3 Å². The predicted octanol–water partition coefficient (Wildman–Crippen LogP) is 2.15. The van der Waals surface area contributed by atoms with Crippen molar-refractivity contribution in [2.45, 2.75) is 32.2 Å². The first-order valence-electron chi connectivity index (χ1n) is 6.88. The molecule has 1 amide bonds. The smallest absolute Gasteiger partial charge is 0.303 e. The quantitative estimate of drug-likeness (QED) is 0.852. The summed E-state index contributed by atoms with van der Waals surface area (Å²) in [5.74, 6) is -1.01. The van der Waals surface area contributed by atoms with Gasteiger partial charge in [-0.05, 0) is 24.5 Å². The summed E-state index contributed by atoms with van der Waals surface area (Å²) in [6, 6.07) is 9.55. The number of carboxylic acid groups (broad SMARTS) is 1. The molecule has 5 heteroatoms. The number of carbonyl (C=O) groups excluding carboxylic acids is 1. The number of benzene rings is 1. The van der Waals surface area contributed by atoms with Crippen LogP contribution in [0, 0.1) is 0 Å². The molecular weight excluding hydrogens is 268 g/mol. The van der Waals surface area contributed by atoms with E-state index in [1.54, 1.807) is 6.20 Å². The number of fused-ring (bicyclic) bond motifs is 1. The van der Waals surface area contributed by atoms with E-state index in [2.05, 4.69) is 10.3 Å². The van der Waals surface area contributed by atoms with Crippen molar-refractivity contribution < 1.29 is 14.7 Å². The predicted molar refractivity (Wildman–Crippen MR) is 79.9 cm³/mol. The van der Waals surface area contributed by atoms with Crippen LogP contribution in [0.15, 0.2) is 36.5 Å². The Morgan fingerprint density at radius 1 is 1.29 bits per heavy atom. The molecule has 0 saturated carbocycles. The van der Waals surface area contributed by atoms with Crippen molar-refractivity contribution in [3.63, 3.8) is 0 Å². The Balaban J connectivity index is 2.21. The van der Waals surface area contributed by atoms with E-state index < -0.39 is 5.97 Å². The second-order valence-electron chi connectivity index (χ2n) is 5.03. The lowest BCUT2D eigenvalue weighted by atomic mass is 9.99. The molecule has 1 aromatic heterocycles. The number of amides is 1. The van der Waals surface area contributed by atoms with Gasteiger partial charge in [0, 0.05) is 31.0 Å². The van der Waals surface area contributed by atoms with Crippen LogP contribution < -0.4 is 5.32 Å². The Kier molecular flexibility index (Phi) is 4.87. The summed E-state index contributed by atoms with van der Waals surface area (Å²) in [4.78, 5) is 26.4. The molecule has 0 spiro atoms. The fourth-order valence-electron chi connectivity index (χ4n) is 2.41. The molecule has 2 rings (SSSR count). The molecular formula is C16H18N2O3. The highest BCUT2D eigenvalue weighted by atomic mass is 16.4. The second-order valence-corrected chi connectivity index (χ2v) is 5.03. The zero-order valence-electron chi connectivity index (χ0n) is 11.9. The van der Waals surface area contributed by atoms with Crippen molar-refractivity contribution >= 4 is 22.8 Å². The van der Waals surface area contributed by atoms with Crippen molar-refractivity contribution in [3.05, 3.63) is 42.1 Å². The molecule has 0 aliphatic carbocycles. The zero-order chi connectivity index (χ0) is 15.2. The summed E-state index contributed by atoms with van der Waals surface area (Å²) in [7, 11) is 0. The number of aliphatic carboxylic acids is 1. The maximum atomic E-state index is 11.3. The first-order valence-corrected chi connectivity index (χ1v) is 6.88. The Labute approximate surface area is 123 Å². The van der Waals surface area contributed by atoms with E-state index in [-0.39, 0.29) is 18.4 Å². The molecule has 5 nitrogen and oxygen atoms in total. The van der Waals surface area contributed by atoms with Crippen molar-refractivity contribution in [2.75, 3.05) is 0 Å². The summed E-state index contributed by atoms with van der Waals surface area (Å²) < 4.78 is 0. The van der Waals surface area contributed by atoms with Crippen LogP contribution in [0.2, 0.25) is 0 Å². The SMILES string of the molecule is CC(=O)NC(CCC(=O)O)Cc1cccc2cccnc12. The summed E-state index contributed by atoms with van der Waals surface area (Å²) in [5.41, 5.74) is 1.91. The Morgan fingerprint density at radius 3 is 2.76 bits per heavy atom. The molecule has 2 N–H and O–H groups in total. The van der Waals surface area contributed by atoms with Crippen molar-refractivity contribution in [3.8, 4) is 0 Å². The van der Waals surface area contributed by atoms with Gasteiger partial charge in [-0.15, -0.1) is 0 Å². The molecule has 1 heterocycles. The van der Waals surface area contributed by atoms with E-state index >= 15 is 0 Å². The fourth-order valence-corrected chi connectivity index (χ4v) is 2.41. The Bertz CT molecular complexity index is 650. The number of rotatable bonds is 6. The number of hydrogen-bond acceptors (Lipinski definition) is 3. The first-order chi connectivity index (χ1) is 10.1. The van der Waals surface area contributed by atoms with E-state index in [4.69, 9.17) is 5.11 Å². The molecule has 2 aromatic rings. The number of para-hydroxylation sites is 1. The molecule has 0 aliphatic rings. The van der Waals surface area contributed by atoms with Crippen LogP contribution in [0.3, 0.4) is 0 Å². The molecule has 0 saturated heterocycles. The maximum Gasteiger partial charge on any atom is 0.303 e. The molecule has 0 radical (unpaired) electrons. The van der Waals surface area contributed by atoms with Crippen LogP contribution in [-0.2, 0) is 16.0 Å².